The van der Waals surface area contributed by atoms with Crippen molar-refractivity contribution >= 4 is 38.3 Å². The molecule has 1 unspecified atom stereocenters. The van der Waals surface area contributed by atoms with Crippen LogP contribution >= 0.6 is 0 Å². The summed E-state index contributed by atoms with van der Waals surface area (Å²) >= 11 is 0. The molecule has 0 saturated carbocycles. The molecular formula is C27H33N3O4S. The molecular weight excluding hydrogens is 462 g/mol. The molecule has 0 aliphatic heterocycles. The third-order valence-electron chi connectivity index (χ3n) is 6.03. The molecule has 0 aliphatic rings. The largest absolute Gasteiger partial charge is 0.354 e. The third-order valence-corrected chi connectivity index (χ3v) is 7.16. The summed E-state index contributed by atoms with van der Waals surface area (Å²) < 4.78 is 26.9. The molecule has 0 radical (unpaired) electrons. The van der Waals surface area contributed by atoms with E-state index in [1.54, 1.807) is 19.1 Å². The minimum atomic E-state index is -3.79. The van der Waals surface area contributed by atoms with Crippen LogP contribution in [0.25, 0.3) is 10.8 Å². The zero-order valence-electron chi connectivity index (χ0n) is 20.7. The van der Waals surface area contributed by atoms with Gasteiger partial charge < -0.3 is 10.2 Å². The molecule has 2 amide bonds. The van der Waals surface area contributed by atoms with Gasteiger partial charge in [0.25, 0.3) is 0 Å². The van der Waals surface area contributed by atoms with Crippen LogP contribution < -0.4 is 9.62 Å². The van der Waals surface area contributed by atoms with Crippen LogP contribution in [0.5, 0.6) is 0 Å². The topological polar surface area (TPSA) is 86.8 Å². The van der Waals surface area contributed by atoms with E-state index in [4.69, 9.17) is 0 Å². The number of fused-ring (bicyclic) bond motifs is 1. The van der Waals surface area contributed by atoms with Gasteiger partial charge in [0.2, 0.25) is 21.8 Å². The van der Waals surface area contributed by atoms with Gasteiger partial charge in [-0.3, -0.25) is 13.9 Å². The number of nitrogens with zero attached hydrogens (tertiary/aromatic N) is 2. The van der Waals surface area contributed by atoms with Crippen LogP contribution in [0.2, 0.25) is 0 Å². The van der Waals surface area contributed by atoms with Gasteiger partial charge in [0.05, 0.1) is 11.9 Å². The maximum absolute atomic E-state index is 13.7. The van der Waals surface area contributed by atoms with Gasteiger partial charge in [-0.15, -0.1) is 0 Å². The zero-order chi connectivity index (χ0) is 25.6. The standard InChI is InChI=1S/C27H33N3O4S/c1-5-17-28-27(32)21(3)29(18-23-13-7-6-11-20(23)2)26(31)19-30(35(4,33)34)25-16-10-14-22-12-8-9-15-24(22)25/h6-16,21H,5,17-19H2,1-4H3,(H,28,32). The Bertz CT molecular complexity index is 1300. The van der Waals surface area contributed by atoms with Crippen LogP contribution in [0.4, 0.5) is 5.69 Å². The molecule has 1 N–H and O–H groups in total. The van der Waals surface area contributed by atoms with Gasteiger partial charge in [-0.05, 0) is 42.8 Å². The predicted octanol–water partition coefficient (Wildman–Crippen LogP) is 3.86. The van der Waals surface area contributed by atoms with Gasteiger partial charge in [-0.2, -0.15) is 0 Å². The van der Waals surface area contributed by atoms with E-state index in [2.05, 4.69) is 5.32 Å². The molecule has 1 atom stereocenters. The molecule has 0 saturated heterocycles. The second-order valence-corrected chi connectivity index (χ2v) is 10.6. The molecule has 3 aromatic rings. The Hall–Kier alpha value is -3.39. The van der Waals surface area contributed by atoms with Crippen LogP contribution in [-0.2, 0) is 26.2 Å². The highest BCUT2D eigenvalue weighted by Gasteiger charge is 2.30. The molecule has 0 bridgehead atoms. The van der Waals surface area contributed by atoms with Gasteiger partial charge in [0.1, 0.15) is 12.6 Å². The van der Waals surface area contributed by atoms with Crippen LogP contribution in [-0.4, -0.2) is 50.5 Å². The normalized spacial score (nSPS) is 12.2. The van der Waals surface area contributed by atoms with Crippen LogP contribution in [0.1, 0.15) is 31.4 Å². The van der Waals surface area contributed by atoms with Crippen molar-refractivity contribution in [2.75, 3.05) is 23.7 Å². The molecule has 0 aromatic heterocycles. The Morgan fingerprint density at radius 1 is 0.971 bits per heavy atom. The average Bonchev–Trinajstić information content (AvgIpc) is 2.83. The number of hydrogen-bond acceptors (Lipinski definition) is 4. The van der Waals surface area contributed by atoms with E-state index in [0.717, 1.165) is 38.9 Å². The molecule has 8 heteroatoms. The first-order valence-corrected chi connectivity index (χ1v) is 13.6. The molecule has 7 nitrogen and oxygen atoms in total. The molecule has 3 aromatic carbocycles. The smallest absolute Gasteiger partial charge is 0.244 e. The summed E-state index contributed by atoms with van der Waals surface area (Å²) in [6, 6.07) is 19.7. The number of hydrogen-bond donors (Lipinski definition) is 1. The van der Waals surface area contributed by atoms with Crippen molar-refractivity contribution in [2.45, 2.75) is 39.8 Å². The number of carbonyl (C=O) groups excluding carboxylic acids is 2. The summed E-state index contributed by atoms with van der Waals surface area (Å²) in [7, 11) is -3.79. The van der Waals surface area contributed by atoms with Crippen LogP contribution in [0, 0.1) is 6.92 Å². The van der Waals surface area contributed by atoms with E-state index in [1.807, 2.05) is 68.4 Å². The van der Waals surface area contributed by atoms with Crippen molar-refractivity contribution in [2.24, 2.45) is 0 Å². The first kappa shape index (κ1) is 26.2. The summed E-state index contributed by atoms with van der Waals surface area (Å²) in [6.45, 7) is 5.85. The summed E-state index contributed by atoms with van der Waals surface area (Å²) in [4.78, 5) is 28.0. The summed E-state index contributed by atoms with van der Waals surface area (Å²) in [5.74, 6) is -0.726. The predicted molar refractivity (Wildman–Crippen MR) is 141 cm³/mol. The lowest BCUT2D eigenvalue weighted by molar-refractivity contribution is -0.139. The Morgan fingerprint density at radius 3 is 2.31 bits per heavy atom. The SMILES string of the molecule is CCCNC(=O)C(C)N(Cc1ccccc1C)C(=O)CN(c1cccc2ccccc12)S(C)(=O)=O. The lowest BCUT2D eigenvalue weighted by Crippen LogP contribution is -2.51. The molecule has 3 rings (SSSR count). The highest BCUT2D eigenvalue weighted by atomic mass is 32.2. The van der Waals surface area contributed by atoms with E-state index in [1.165, 1.54) is 4.90 Å². The number of rotatable bonds is 10. The average molecular weight is 496 g/mol. The first-order valence-electron chi connectivity index (χ1n) is 11.7. The number of carbonyl (C=O) groups is 2. The summed E-state index contributed by atoms with van der Waals surface area (Å²) in [5.41, 5.74) is 2.31. The molecule has 35 heavy (non-hydrogen) atoms. The van der Waals surface area contributed by atoms with Crippen molar-refractivity contribution in [1.29, 1.82) is 0 Å². The van der Waals surface area contributed by atoms with Gasteiger partial charge >= 0.3 is 0 Å². The van der Waals surface area contributed by atoms with E-state index in [-0.39, 0.29) is 12.5 Å². The summed E-state index contributed by atoms with van der Waals surface area (Å²) in [6.07, 6.45) is 1.86. The second-order valence-electron chi connectivity index (χ2n) is 8.68. The summed E-state index contributed by atoms with van der Waals surface area (Å²) in [5, 5.41) is 4.44. The van der Waals surface area contributed by atoms with E-state index in [9.17, 15) is 18.0 Å². The zero-order valence-corrected chi connectivity index (χ0v) is 21.5. The van der Waals surface area contributed by atoms with Crippen LogP contribution in [0.15, 0.2) is 66.7 Å². The van der Waals surface area contributed by atoms with Gasteiger partial charge in [-0.25, -0.2) is 8.42 Å². The first-order chi connectivity index (χ1) is 16.6. The fourth-order valence-corrected chi connectivity index (χ4v) is 4.83. The van der Waals surface area contributed by atoms with Crippen molar-refractivity contribution in [3.8, 4) is 0 Å². The van der Waals surface area contributed by atoms with Crippen molar-refractivity contribution in [3.63, 3.8) is 0 Å². The lowest BCUT2D eigenvalue weighted by atomic mass is 10.1. The van der Waals surface area contributed by atoms with Gasteiger partial charge in [0, 0.05) is 18.5 Å². The third kappa shape index (κ3) is 6.39. The van der Waals surface area contributed by atoms with Crippen molar-refractivity contribution in [3.05, 3.63) is 77.9 Å². The maximum atomic E-state index is 13.7. The number of anilines is 1. The number of amides is 2. The Balaban J connectivity index is 1.99. The fourth-order valence-electron chi connectivity index (χ4n) is 3.97. The highest BCUT2D eigenvalue weighted by Crippen LogP contribution is 2.28. The Labute approximate surface area is 207 Å². The number of nitrogens with one attached hydrogen (secondary N) is 1. The van der Waals surface area contributed by atoms with E-state index < -0.39 is 28.5 Å². The van der Waals surface area contributed by atoms with Crippen molar-refractivity contribution < 1.29 is 18.0 Å². The minimum Gasteiger partial charge on any atom is -0.354 e. The number of benzene rings is 3. The molecule has 0 spiro atoms. The Kier molecular flexibility index (Phi) is 8.51. The van der Waals surface area contributed by atoms with E-state index >= 15 is 0 Å². The fraction of sp³-hybridized carbons (Fsp3) is 0.333. The van der Waals surface area contributed by atoms with Crippen molar-refractivity contribution in [1.82, 2.24) is 10.2 Å². The molecule has 0 heterocycles. The number of aryl methyl sites for hydroxylation is 1. The number of sulfonamides is 1. The highest BCUT2D eigenvalue weighted by molar-refractivity contribution is 7.92. The minimum absolute atomic E-state index is 0.194. The Morgan fingerprint density at radius 2 is 1.63 bits per heavy atom. The second kappa shape index (κ2) is 11.4. The van der Waals surface area contributed by atoms with E-state index in [0.29, 0.717) is 12.2 Å². The molecule has 0 fully saturated rings. The quantitative estimate of drug-likeness (QED) is 0.463. The van der Waals surface area contributed by atoms with Gasteiger partial charge in [0.15, 0.2) is 0 Å². The van der Waals surface area contributed by atoms with Crippen LogP contribution in [0.3, 0.4) is 0 Å². The monoisotopic (exact) mass is 495 g/mol. The molecule has 186 valence electrons. The molecule has 0 aliphatic carbocycles. The maximum Gasteiger partial charge on any atom is 0.244 e. The lowest BCUT2D eigenvalue weighted by Gasteiger charge is -2.32. The van der Waals surface area contributed by atoms with Gasteiger partial charge in [-0.1, -0.05) is 67.6 Å².